The molecule has 1 rings (SSSR count). The van der Waals surface area contributed by atoms with Gasteiger partial charge in [-0.15, -0.1) is 0 Å². The molecule has 1 aliphatic rings. The van der Waals surface area contributed by atoms with Crippen LogP contribution in [0.25, 0.3) is 0 Å². The third-order valence-corrected chi connectivity index (χ3v) is 1.63. The van der Waals surface area contributed by atoms with E-state index in [4.69, 9.17) is 4.74 Å². The van der Waals surface area contributed by atoms with Crippen LogP contribution >= 0.6 is 0 Å². The molecule has 0 bridgehead atoms. The van der Waals surface area contributed by atoms with Gasteiger partial charge in [-0.1, -0.05) is 0 Å². The number of ether oxygens (including phenoxy) is 1. The van der Waals surface area contributed by atoms with Crippen molar-refractivity contribution in [2.75, 3.05) is 0 Å². The highest BCUT2D eigenvalue weighted by atomic mass is 16.5. The molecule has 14 heavy (non-hydrogen) atoms. The minimum Gasteiger partial charge on any atom is -0.484 e. The molecule has 0 amide bonds. The smallest absolute Gasteiger partial charge is 0.223 e. The van der Waals surface area contributed by atoms with Crippen LogP contribution in [0.15, 0.2) is 23.5 Å². The average molecular weight is 194 g/mol. The number of hydrogen-bond donors (Lipinski definition) is 0. The molecule has 0 aromatic heterocycles. The van der Waals surface area contributed by atoms with Gasteiger partial charge >= 0.3 is 0 Å². The quantitative estimate of drug-likeness (QED) is 0.597. The van der Waals surface area contributed by atoms with E-state index in [1.807, 2.05) is 20.8 Å². The maximum absolute atomic E-state index is 11.5. The average Bonchev–Trinajstić information content (AvgIpc) is 1.96. The minimum absolute atomic E-state index is 0.141. The molecular weight excluding hydrogens is 180 g/mol. The van der Waals surface area contributed by atoms with Crippen molar-refractivity contribution in [3.8, 4) is 0 Å². The molecule has 0 fully saturated rings. The molecule has 0 N–H and O–H groups in total. The summed E-state index contributed by atoms with van der Waals surface area (Å²) < 4.78 is 5.38. The lowest BCUT2D eigenvalue weighted by Crippen LogP contribution is -2.24. The summed E-state index contributed by atoms with van der Waals surface area (Å²) >= 11 is 0. The van der Waals surface area contributed by atoms with E-state index in [2.05, 4.69) is 0 Å². The first-order valence-corrected chi connectivity index (χ1v) is 4.47. The van der Waals surface area contributed by atoms with Gasteiger partial charge in [-0.2, -0.15) is 0 Å². The monoisotopic (exact) mass is 194 g/mol. The highest BCUT2D eigenvalue weighted by Gasteiger charge is 2.24. The molecule has 0 spiro atoms. The fourth-order valence-electron chi connectivity index (χ4n) is 1.12. The summed E-state index contributed by atoms with van der Waals surface area (Å²) in [4.78, 5) is 22.7. The van der Waals surface area contributed by atoms with Crippen LogP contribution in [0.5, 0.6) is 0 Å². The van der Waals surface area contributed by atoms with Crippen LogP contribution in [0, 0.1) is 0 Å². The van der Waals surface area contributed by atoms with Gasteiger partial charge in [0.1, 0.15) is 5.60 Å². The number of allylic oxidation sites excluding steroid dienone is 3. The Morgan fingerprint density at radius 2 is 1.71 bits per heavy atom. The summed E-state index contributed by atoms with van der Waals surface area (Å²) in [6.07, 6.45) is 2.55. The van der Waals surface area contributed by atoms with E-state index in [1.165, 1.54) is 12.2 Å². The van der Waals surface area contributed by atoms with E-state index in [0.717, 1.165) is 0 Å². The SMILES string of the molecule is CC1=CC(=O)C=C(OC(C)(C)C)C1=O. The Morgan fingerprint density at radius 1 is 1.14 bits per heavy atom. The summed E-state index contributed by atoms with van der Waals surface area (Å²) in [7, 11) is 0. The van der Waals surface area contributed by atoms with Crippen LogP contribution in [0.3, 0.4) is 0 Å². The second-order valence-corrected chi connectivity index (χ2v) is 4.28. The van der Waals surface area contributed by atoms with Gasteiger partial charge in [0.15, 0.2) is 11.5 Å². The molecule has 0 aliphatic heterocycles. The first kappa shape index (κ1) is 10.7. The lowest BCUT2D eigenvalue weighted by molar-refractivity contribution is -0.120. The van der Waals surface area contributed by atoms with Gasteiger partial charge < -0.3 is 4.74 Å². The fraction of sp³-hybridized carbons (Fsp3) is 0.455. The zero-order valence-corrected chi connectivity index (χ0v) is 8.88. The Morgan fingerprint density at radius 3 is 2.21 bits per heavy atom. The Balaban J connectivity index is 2.90. The number of carbonyl (C=O) groups is 2. The van der Waals surface area contributed by atoms with Gasteiger partial charge in [0.25, 0.3) is 0 Å². The third kappa shape index (κ3) is 2.55. The fourth-order valence-corrected chi connectivity index (χ4v) is 1.12. The Kier molecular flexibility index (Phi) is 2.60. The molecule has 0 atom stereocenters. The number of hydrogen-bond acceptors (Lipinski definition) is 3. The zero-order chi connectivity index (χ0) is 10.9. The third-order valence-electron chi connectivity index (χ3n) is 1.63. The highest BCUT2D eigenvalue weighted by Crippen LogP contribution is 2.19. The lowest BCUT2D eigenvalue weighted by atomic mass is 10.0. The van der Waals surface area contributed by atoms with Crippen LogP contribution in [0.2, 0.25) is 0 Å². The van der Waals surface area contributed by atoms with Crippen molar-refractivity contribution in [1.29, 1.82) is 0 Å². The molecule has 3 nitrogen and oxygen atoms in total. The van der Waals surface area contributed by atoms with Gasteiger partial charge in [-0.05, 0) is 33.8 Å². The normalized spacial score (nSPS) is 17.7. The summed E-state index contributed by atoms with van der Waals surface area (Å²) in [6.45, 7) is 7.11. The molecule has 1 aliphatic carbocycles. The lowest BCUT2D eigenvalue weighted by Gasteiger charge is -2.23. The zero-order valence-electron chi connectivity index (χ0n) is 8.88. The highest BCUT2D eigenvalue weighted by molar-refractivity contribution is 6.19. The van der Waals surface area contributed by atoms with E-state index in [1.54, 1.807) is 6.92 Å². The predicted octanol–water partition coefficient (Wildman–Crippen LogP) is 1.78. The van der Waals surface area contributed by atoms with Gasteiger partial charge in [-0.25, -0.2) is 0 Å². The van der Waals surface area contributed by atoms with Crippen molar-refractivity contribution in [3.63, 3.8) is 0 Å². The predicted molar refractivity (Wildman–Crippen MR) is 52.7 cm³/mol. The van der Waals surface area contributed by atoms with E-state index in [-0.39, 0.29) is 17.3 Å². The van der Waals surface area contributed by atoms with Crippen molar-refractivity contribution in [1.82, 2.24) is 0 Å². The van der Waals surface area contributed by atoms with Gasteiger partial charge in [0.05, 0.1) is 0 Å². The molecule has 0 heterocycles. The summed E-state index contributed by atoms with van der Waals surface area (Å²) in [5.41, 5.74) is -0.0314. The van der Waals surface area contributed by atoms with Gasteiger partial charge in [-0.3, -0.25) is 9.59 Å². The summed E-state index contributed by atoms with van der Waals surface area (Å²) in [6, 6.07) is 0. The van der Waals surface area contributed by atoms with Crippen molar-refractivity contribution >= 4 is 11.6 Å². The molecule has 3 heteroatoms. The second kappa shape index (κ2) is 3.40. The van der Waals surface area contributed by atoms with E-state index in [0.29, 0.717) is 5.57 Å². The Bertz CT molecular complexity index is 340. The molecule has 0 saturated carbocycles. The largest absolute Gasteiger partial charge is 0.484 e. The van der Waals surface area contributed by atoms with Gasteiger partial charge in [0.2, 0.25) is 5.78 Å². The van der Waals surface area contributed by atoms with Crippen LogP contribution in [-0.4, -0.2) is 17.2 Å². The van der Waals surface area contributed by atoms with Crippen molar-refractivity contribution in [2.24, 2.45) is 0 Å². The Labute approximate surface area is 83.4 Å². The molecule has 0 saturated heterocycles. The number of Topliss-reactive ketones (excluding diaryl/α,β-unsaturated/α-hetero) is 1. The van der Waals surface area contributed by atoms with Crippen molar-refractivity contribution < 1.29 is 14.3 Å². The standard InChI is InChI=1S/C11H14O3/c1-7-5-8(12)6-9(10(7)13)14-11(2,3)4/h5-6H,1-4H3. The van der Waals surface area contributed by atoms with Gasteiger partial charge in [0, 0.05) is 11.6 Å². The topological polar surface area (TPSA) is 43.4 Å². The molecular formula is C11H14O3. The van der Waals surface area contributed by atoms with Crippen LogP contribution in [0.4, 0.5) is 0 Å². The summed E-state index contributed by atoms with van der Waals surface area (Å²) in [5, 5.41) is 0. The van der Waals surface area contributed by atoms with Crippen molar-refractivity contribution in [2.45, 2.75) is 33.3 Å². The molecule has 76 valence electrons. The van der Waals surface area contributed by atoms with Crippen LogP contribution in [0.1, 0.15) is 27.7 Å². The van der Waals surface area contributed by atoms with E-state index < -0.39 is 5.60 Å². The molecule has 0 aromatic rings. The number of carbonyl (C=O) groups excluding carboxylic acids is 2. The Hall–Kier alpha value is -1.38. The van der Waals surface area contributed by atoms with Crippen molar-refractivity contribution in [3.05, 3.63) is 23.5 Å². The van der Waals surface area contributed by atoms with E-state index in [9.17, 15) is 9.59 Å². The molecule has 0 radical (unpaired) electrons. The molecule has 0 aromatic carbocycles. The summed E-state index contributed by atoms with van der Waals surface area (Å²) in [5.74, 6) is -0.261. The first-order chi connectivity index (χ1) is 6.29. The minimum atomic E-state index is -0.459. The van der Waals surface area contributed by atoms with Crippen LogP contribution < -0.4 is 0 Å². The number of rotatable bonds is 1. The van der Waals surface area contributed by atoms with E-state index >= 15 is 0 Å². The second-order valence-electron chi connectivity index (χ2n) is 4.28. The first-order valence-electron chi connectivity index (χ1n) is 4.47. The number of ketones is 2. The van der Waals surface area contributed by atoms with Crippen LogP contribution in [-0.2, 0) is 14.3 Å². The maximum Gasteiger partial charge on any atom is 0.223 e. The maximum atomic E-state index is 11.5. The molecule has 0 unspecified atom stereocenters.